The van der Waals surface area contributed by atoms with Gasteiger partial charge in [-0.3, -0.25) is 4.79 Å². The summed E-state index contributed by atoms with van der Waals surface area (Å²) in [5, 5.41) is 2.03. The van der Waals surface area contributed by atoms with E-state index in [1.807, 2.05) is 36.4 Å². The molecule has 0 saturated carbocycles. The molecule has 29 heavy (non-hydrogen) atoms. The third-order valence-corrected chi connectivity index (χ3v) is 6.48. The molecule has 148 valence electrons. The van der Waals surface area contributed by atoms with E-state index < -0.39 is 0 Å². The number of thiazole rings is 1. The fourth-order valence-corrected chi connectivity index (χ4v) is 4.88. The van der Waals surface area contributed by atoms with E-state index in [0.717, 1.165) is 38.1 Å². The Balaban J connectivity index is 1.86. The molecule has 0 fully saturated rings. The topological polar surface area (TPSA) is 43.6 Å². The lowest BCUT2D eigenvalue weighted by molar-refractivity contribution is 0.0995. The first-order valence-corrected chi connectivity index (χ1v) is 11.6. The molecule has 0 atom stereocenters. The van der Waals surface area contributed by atoms with Crippen LogP contribution in [0.25, 0.3) is 21.0 Å². The Hall–Kier alpha value is -2.57. The first-order valence-electron chi connectivity index (χ1n) is 9.35. The predicted molar refractivity (Wildman–Crippen MR) is 123 cm³/mol. The van der Waals surface area contributed by atoms with Crippen LogP contribution in [-0.4, -0.2) is 29.6 Å². The van der Waals surface area contributed by atoms with Gasteiger partial charge in [-0.05, 0) is 53.8 Å². The second-order valence-corrected chi connectivity index (χ2v) is 8.81. The molecule has 6 heteroatoms. The summed E-state index contributed by atoms with van der Waals surface area (Å²) in [6.45, 7) is 2.89. The molecule has 3 aromatic carbocycles. The van der Waals surface area contributed by atoms with Crippen LogP contribution in [0.3, 0.4) is 0 Å². The number of amides is 1. The summed E-state index contributed by atoms with van der Waals surface area (Å²) in [6, 6.07) is 18.1. The lowest BCUT2D eigenvalue weighted by Gasteiger charge is -2.08. The van der Waals surface area contributed by atoms with Gasteiger partial charge in [0.2, 0.25) is 0 Å². The number of carbonyl (C=O) groups is 1. The summed E-state index contributed by atoms with van der Waals surface area (Å²) in [5.41, 5.74) is 2.80. The van der Waals surface area contributed by atoms with E-state index in [0.29, 0.717) is 11.3 Å². The van der Waals surface area contributed by atoms with Gasteiger partial charge in [-0.2, -0.15) is 16.8 Å². The van der Waals surface area contributed by atoms with Gasteiger partial charge in [-0.1, -0.05) is 41.7 Å². The second kappa shape index (κ2) is 8.43. The second-order valence-electron chi connectivity index (χ2n) is 6.82. The summed E-state index contributed by atoms with van der Waals surface area (Å²) in [4.78, 5) is 18.4. The number of fused-ring (bicyclic) bond motifs is 2. The predicted octanol–water partition coefficient (Wildman–Crippen LogP) is 5.28. The van der Waals surface area contributed by atoms with Gasteiger partial charge >= 0.3 is 0 Å². The van der Waals surface area contributed by atoms with Crippen molar-refractivity contribution in [1.82, 2.24) is 4.57 Å². The lowest BCUT2D eigenvalue weighted by Crippen LogP contribution is -2.18. The maximum atomic E-state index is 13.1. The number of rotatable bonds is 5. The highest BCUT2D eigenvalue weighted by molar-refractivity contribution is 7.98. The Morgan fingerprint density at radius 3 is 2.62 bits per heavy atom. The van der Waals surface area contributed by atoms with Crippen molar-refractivity contribution in [3.63, 3.8) is 0 Å². The molecule has 0 spiro atoms. The molecule has 1 amide bonds. The number of carbonyl (C=O) groups excluding carboxylic acids is 1. The van der Waals surface area contributed by atoms with Gasteiger partial charge in [0.1, 0.15) is 5.75 Å². The molecule has 1 heterocycles. The summed E-state index contributed by atoms with van der Waals surface area (Å²) in [5.74, 6) is 1.22. The highest BCUT2D eigenvalue weighted by Gasteiger charge is 2.15. The zero-order valence-corrected chi connectivity index (χ0v) is 18.3. The molecular weight excluding hydrogens is 400 g/mol. The Bertz CT molecular complexity index is 1270. The number of ether oxygens (including phenoxy) is 1. The number of hydrogen-bond donors (Lipinski definition) is 0. The molecule has 0 aliphatic carbocycles. The number of nitrogens with zero attached hydrogens (tertiary/aromatic N) is 2. The average molecular weight is 423 g/mol. The number of benzene rings is 3. The van der Waals surface area contributed by atoms with Crippen LogP contribution in [0.15, 0.2) is 59.6 Å². The molecule has 4 aromatic rings. The molecule has 1 aromatic heterocycles. The molecule has 0 bridgehead atoms. The van der Waals surface area contributed by atoms with Crippen molar-refractivity contribution in [3.8, 4) is 5.75 Å². The van der Waals surface area contributed by atoms with Gasteiger partial charge in [-0.15, -0.1) is 0 Å². The van der Waals surface area contributed by atoms with Gasteiger partial charge in [0.25, 0.3) is 5.91 Å². The largest absolute Gasteiger partial charge is 0.496 e. The van der Waals surface area contributed by atoms with Gasteiger partial charge in [0.05, 0.1) is 22.9 Å². The lowest BCUT2D eigenvalue weighted by atomic mass is 10.1. The molecule has 0 saturated heterocycles. The van der Waals surface area contributed by atoms with Crippen LogP contribution in [0.4, 0.5) is 0 Å². The summed E-state index contributed by atoms with van der Waals surface area (Å²) >= 11 is 3.33. The SMILES string of the molecule is COc1cc2ccccc2cc1C(=O)N=c1sc2cc(C)ccc2n1CCSC. The van der Waals surface area contributed by atoms with Crippen molar-refractivity contribution < 1.29 is 9.53 Å². The van der Waals surface area contributed by atoms with Crippen LogP contribution in [-0.2, 0) is 6.54 Å². The van der Waals surface area contributed by atoms with E-state index >= 15 is 0 Å². The summed E-state index contributed by atoms with van der Waals surface area (Å²) in [6.07, 6.45) is 2.08. The first-order chi connectivity index (χ1) is 14.1. The Labute approximate surface area is 177 Å². The minimum Gasteiger partial charge on any atom is -0.496 e. The third kappa shape index (κ3) is 3.95. The quantitative estimate of drug-likeness (QED) is 0.440. The zero-order valence-electron chi connectivity index (χ0n) is 16.6. The monoisotopic (exact) mass is 422 g/mol. The fraction of sp³-hybridized carbons (Fsp3) is 0.217. The number of methoxy groups -OCH3 is 1. The van der Waals surface area contributed by atoms with Crippen LogP contribution in [0.2, 0.25) is 0 Å². The van der Waals surface area contributed by atoms with Crippen molar-refractivity contribution in [2.75, 3.05) is 19.1 Å². The fourth-order valence-electron chi connectivity index (χ4n) is 3.37. The highest BCUT2D eigenvalue weighted by atomic mass is 32.2. The van der Waals surface area contributed by atoms with E-state index in [1.165, 1.54) is 5.56 Å². The molecule has 0 unspecified atom stereocenters. The van der Waals surface area contributed by atoms with E-state index in [-0.39, 0.29) is 5.91 Å². The summed E-state index contributed by atoms with van der Waals surface area (Å²) < 4.78 is 8.78. The maximum Gasteiger partial charge on any atom is 0.283 e. The molecule has 4 nitrogen and oxygen atoms in total. The maximum absolute atomic E-state index is 13.1. The first kappa shape index (κ1) is 19.7. The van der Waals surface area contributed by atoms with Crippen molar-refractivity contribution in [2.24, 2.45) is 4.99 Å². The molecule has 4 rings (SSSR count). The number of aryl methyl sites for hydroxylation is 2. The highest BCUT2D eigenvalue weighted by Crippen LogP contribution is 2.27. The van der Waals surface area contributed by atoms with Gasteiger partial charge in [0, 0.05) is 12.3 Å². The molecule has 0 N–H and O–H groups in total. The van der Waals surface area contributed by atoms with Gasteiger partial charge in [-0.25, -0.2) is 0 Å². The summed E-state index contributed by atoms with van der Waals surface area (Å²) in [7, 11) is 1.59. The van der Waals surface area contributed by atoms with Crippen molar-refractivity contribution in [2.45, 2.75) is 13.5 Å². The molecule has 0 radical (unpaired) electrons. The van der Waals surface area contributed by atoms with Gasteiger partial charge in [0.15, 0.2) is 4.80 Å². The molecule has 0 aliphatic heterocycles. The average Bonchev–Trinajstić information content (AvgIpc) is 3.06. The van der Waals surface area contributed by atoms with Crippen molar-refractivity contribution in [3.05, 3.63) is 70.5 Å². The van der Waals surface area contributed by atoms with Crippen LogP contribution in [0.1, 0.15) is 15.9 Å². The van der Waals surface area contributed by atoms with E-state index in [1.54, 1.807) is 30.2 Å². The Morgan fingerprint density at radius 2 is 1.90 bits per heavy atom. The number of aromatic nitrogens is 1. The van der Waals surface area contributed by atoms with E-state index in [4.69, 9.17) is 4.74 Å². The third-order valence-electron chi connectivity index (χ3n) is 4.85. The normalized spacial score (nSPS) is 12.0. The van der Waals surface area contributed by atoms with Crippen LogP contribution < -0.4 is 9.54 Å². The zero-order chi connectivity index (χ0) is 20.4. The Morgan fingerprint density at radius 1 is 1.14 bits per heavy atom. The Kier molecular flexibility index (Phi) is 5.74. The van der Waals surface area contributed by atoms with Crippen LogP contribution >= 0.6 is 23.1 Å². The van der Waals surface area contributed by atoms with Crippen LogP contribution in [0.5, 0.6) is 5.75 Å². The van der Waals surface area contributed by atoms with E-state index in [9.17, 15) is 4.79 Å². The van der Waals surface area contributed by atoms with Gasteiger partial charge < -0.3 is 9.30 Å². The standard InChI is InChI=1S/C23H22N2O2S2/c1-15-8-9-19-21(12-15)29-23(25(19)10-11-28-3)24-22(26)18-13-16-6-4-5-7-17(16)14-20(18)27-2/h4-9,12-14H,10-11H2,1-3H3. The van der Waals surface area contributed by atoms with Crippen LogP contribution in [0, 0.1) is 6.92 Å². The van der Waals surface area contributed by atoms with E-state index in [2.05, 4.69) is 40.9 Å². The minimum atomic E-state index is -0.284. The smallest absolute Gasteiger partial charge is 0.283 e. The van der Waals surface area contributed by atoms with Crippen molar-refractivity contribution >= 4 is 50.0 Å². The molecular formula is C23H22N2O2S2. The molecule has 0 aliphatic rings. The van der Waals surface area contributed by atoms with Crippen molar-refractivity contribution in [1.29, 1.82) is 0 Å². The minimum absolute atomic E-state index is 0.284. The number of hydrogen-bond acceptors (Lipinski definition) is 4. The number of thioether (sulfide) groups is 1.